The summed E-state index contributed by atoms with van der Waals surface area (Å²) in [5.74, 6) is -1.31. The lowest BCUT2D eigenvalue weighted by Gasteiger charge is -2.18. The van der Waals surface area contributed by atoms with E-state index in [1.807, 2.05) is 0 Å². The van der Waals surface area contributed by atoms with Gasteiger partial charge in [0.05, 0.1) is 0 Å². The second-order valence-corrected chi connectivity index (χ2v) is 4.60. The Kier molecular flexibility index (Phi) is 5.97. The first kappa shape index (κ1) is 14.0. The summed E-state index contributed by atoms with van der Waals surface area (Å²) in [6.07, 6.45) is 6.14. The van der Waals surface area contributed by atoms with Gasteiger partial charge in [0.2, 0.25) is 5.91 Å². The minimum absolute atomic E-state index is 0.0574. The molecule has 5 heteroatoms. The number of aliphatic hydroxyl groups excluding tert-OH is 1. The van der Waals surface area contributed by atoms with Crippen molar-refractivity contribution < 1.29 is 19.8 Å². The minimum Gasteiger partial charge on any atom is -0.480 e. The molecule has 1 rings (SSSR count). The number of hydrogen-bond donors (Lipinski definition) is 3. The highest BCUT2D eigenvalue weighted by Crippen LogP contribution is 2.23. The molecule has 0 aromatic carbocycles. The van der Waals surface area contributed by atoms with Crippen LogP contribution in [-0.4, -0.2) is 34.7 Å². The Balaban J connectivity index is 2.47. The topological polar surface area (TPSA) is 86.6 Å². The third-order valence-electron chi connectivity index (χ3n) is 3.26. The minimum atomic E-state index is -1.08. The third kappa shape index (κ3) is 4.73. The summed E-state index contributed by atoms with van der Waals surface area (Å²) in [5.41, 5.74) is 0. The molecule has 0 aromatic heterocycles. The van der Waals surface area contributed by atoms with E-state index < -0.39 is 12.0 Å². The Morgan fingerprint density at radius 2 is 1.76 bits per heavy atom. The highest BCUT2D eigenvalue weighted by molar-refractivity contribution is 5.84. The van der Waals surface area contributed by atoms with E-state index in [1.165, 1.54) is 0 Å². The van der Waals surface area contributed by atoms with E-state index in [-0.39, 0.29) is 24.9 Å². The van der Waals surface area contributed by atoms with Crippen molar-refractivity contribution in [3.63, 3.8) is 0 Å². The smallest absolute Gasteiger partial charge is 0.326 e. The average Bonchev–Trinajstić information content (AvgIpc) is 2.56. The number of carbonyl (C=O) groups is 2. The van der Waals surface area contributed by atoms with Crippen molar-refractivity contribution in [3.8, 4) is 0 Å². The van der Waals surface area contributed by atoms with Crippen LogP contribution in [0, 0.1) is 5.92 Å². The molecule has 0 radical (unpaired) electrons. The molecule has 1 atom stereocenters. The molecule has 1 saturated carbocycles. The van der Waals surface area contributed by atoms with Crippen LogP contribution in [0.2, 0.25) is 0 Å². The molecule has 17 heavy (non-hydrogen) atoms. The fourth-order valence-electron chi connectivity index (χ4n) is 2.22. The molecule has 1 aliphatic rings. The maximum atomic E-state index is 11.9. The second kappa shape index (κ2) is 7.27. The summed E-state index contributed by atoms with van der Waals surface area (Å²) < 4.78 is 0. The van der Waals surface area contributed by atoms with Crippen molar-refractivity contribution in [2.45, 2.75) is 51.0 Å². The van der Waals surface area contributed by atoms with E-state index in [2.05, 4.69) is 5.32 Å². The van der Waals surface area contributed by atoms with Gasteiger partial charge in [-0.2, -0.15) is 0 Å². The molecule has 0 bridgehead atoms. The first-order chi connectivity index (χ1) is 8.15. The summed E-state index contributed by atoms with van der Waals surface area (Å²) >= 11 is 0. The fourth-order valence-corrected chi connectivity index (χ4v) is 2.22. The number of aliphatic carboxylic acids is 1. The Morgan fingerprint density at radius 1 is 1.18 bits per heavy atom. The molecule has 0 spiro atoms. The first-order valence-corrected chi connectivity index (χ1v) is 6.29. The van der Waals surface area contributed by atoms with Crippen molar-refractivity contribution in [2.75, 3.05) is 6.61 Å². The fraction of sp³-hybridized carbons (Fsp3) is 0.833. The molecule has 3 N–H and O–H groups in total. The lowest BCUT2D eigenvalue weighted by Crippen LogP contribution is -2.44. The van der Waals surface area contributed by atoms with Gasteiger partial charge in [0.1, 0.15) is 6.04 Å². The van der Waals surface area contributed by atoms with Crippen molar-refractivity contribution in [1.29, 1.82) is 0 Å². The normalized spacial score (nSPS) is 19.4. The molecule has 1 amide bonds. The zero-order valence-electron chi connectivity index (χ0n) is 10.0. The highest BCUT2D eigenvalue weighted by Gasteiger charge is 2.25. The predicted molar refractivity (Wildman–Crippen MR) is 62.5 cm³/mol. The van der Waals surface area contributed by atoms with Gasteiger partial charge in [-0.25, -0.2) is 4.79 Å². The maximum Gasteiger partial charge on any atom is 0.326 e. The number of carboxylic acids is 1. The highest BCUT2D eigenvalue weighted by atomic mass is 16.4. The monoisotopic (exact) mass is 243 g/mol. The van der Waals surface area contributed by atoms with Crippen LogP contribution in [0.1, 0.15) is 44.9 Å². The van der Waals surface area contributed by atoms with Crippen LogP contribution in [0.4, 0.5) is 0 Å². The van der Waals surface area contributed by atoms with Gasteiger partial charge in [0.15, 0.2) is 0 Å². The SMILES string of the molecule is O=C(NC(CCO)C(=O)O)C1CCCCCC1. The summed E-state index contributed by atoms with van der Waals surface area (Å²) in [7, 11) is 0. The Hall–Kier alpha value is -1.10. The van der Waals surface area contributed by atoms with E-state index >= 15 is 0 Å². The summed E-state index contributed by atoms with van der Waals surface area (Å²) in [6, 6.07) is -0.962. The molecule has 0 saturated heterocycles. The second-order valence-electron chi connectivity index (χ2n) is 4.60. The lowest BCUT2D eigenvalue weighted by molar-refractivity contribution is -0.143. The number of rotatable bonds is 5. The largest absolute Gasteiger partial charge is 0.480 e. The van der Waals surface area contributed by atoms with E-state index in [4.69, 9.17) is 10.2 Å². The van der Waals surface area contributed by atoms with E-state index in [9.17, 15) is 9.59 Å². The standard InChI is InChI=1S/C12H21NO4/c14-8-7-10(12(16)17)13-11(15)9-5-3-1-2-4-6-9/h9-10,14H,1-8H2,(H,13,15)(H,16,17). The van der Waals surface area contributed by atoms with Crippen molar-refractivity contribution in [3.05, 3.63) is 0 Å². The van der Waals surface area contributed by atoms with Gasteiger partial charge in [-0.05, 0) is 12.8 Å². The van der Waals surface area contributed by atoms with E-state index in [0.717, 1.165) is 38.5 Å². The van der Waals surface area contributed by atoms with Gasteiger partial charge in [-0.1, -0.05) is 25.7 Å². The van der Waals surface area contributed by atoms with Crippen LogP contribution in [0.5, 0.6) is 0 Å². The third-order valence-corrected chi connectivity index (χ3v) is 3.26. The number of carbonyl (C=O) groups excluding carboxylic acids is 1. The number of carboxylic acid groups (broad SMARTS) is 1. The molecule has 0 heterocycles. The van der Waals surface area contributed by atoms with Crippen LogP contribution in [0.25, 0.3) is 0 Å². The van der Waals surface area contributed by atoms with E-state index in [0.29, 0.717) is 0 Å². The molecule has 0 aliphatic heterocycles. The molecule has 98 valence electrons. The van der Waals surface area contributed by atoms with E-state index in [1.54, 1.807) is 0 Å². The van der Waals surface area contributed by atoms with Gasteiger partial charge < -0.3 is 15.5 Å². The van der Waals surface area contributed by atoms with Crippen molar-refractivity contribution in [1.82, 2.24) is 5.32 Å². The maximum absolute atomic E-state index is 11.9. The quantitative estimate of drug-likeness (QED) is 0.626. The number of hydrogen-bond acceptors (Lipinski definition) is 3. The molecule has 1 unspecified atom stereocenters. The van der Waals surface area contributed by atoms with Crippen LogP contribution in [-0.2, 0) is 9.59 Å². The van der Waals surface area contributed by atoms with Crippen LogP contribution in [0.15, 0.2) is 0 Å². The summed E-state index contributed by atoms with van der Waals surface area (Å²) in [4.78, 5) is 22.7. The van der Waals surface area contributed by atoms with Gasteiger partial charge in [-0.15, -0.1) is 0 Å². The van der Waals surface area contributed by atoms with Gasteiger partial charge in [0.25, 0.3) is 0 Å². The zero-order chi connectivity index (χ0) is 12.7. The number of aliphatic hydroxyl groups is 1. The molecular formula is C12H21NO4. The Labute approximate surface area is 101 Å². The average molecular weight is 243 g/mol. The number of nitrogens with one attached hydrogen (secondary N) is 1. The Bertz CT molecular complexity index is 259. The molecular weight excluding hydrogens is 222 g/mol. The van der Waals surface area contributed by atoms with Gasteiger partial charge in [-0.3, -0.25) is 4.79 Å². The van der Waals surface area contributed by atoms with Crippen molar-refractivity contribution >= 4 is 11.9 Å². The van der Waals surface area contributed by atoms with Crippen molar-refractivity contribution in [2.24, 2.45) is 5.92 Å². The van der Waals surface area contributed by atoms with Crippen LogP contribution >= 0.6 is 0 Å². The first-order valence-electron chi connectivity index (χ1n) is 6.29. The van der Waals surface area contributed by atoms with Gasteiger partial charge >= 0.3 is 5.97 Å². The summed E-state index contributed by atoms with van der Waals surface area (Å²) in [6.45, 7) is -0.234. The molecule has 1 aliphatic carbocycles. The molecule has 1 fully saturated rings. The Morgan fingerprint density at radius 3 is 2.24 bits per heavy atom. The molecule has 5 nitrogen and oxygen atoms in total. The zero-order valence-corrected chi connectivity index (χ0v) is 10.0. The van der Waals surface area contributed by atoms with Crippen LogP contribution in [0.3, 0.4) is 0 Å². The van der Waals surface area contributed by atoms with Gasteiger partial charge in [0, 0.05) is 18.9 Å². The number of amides is 1. The van der Waals surface area contributed by atoms with Crippen LogP contribution < -0.4 is 5.32 Å². The lowest BCUT2D eigenvalue weighted by atomic mass is 9.99. The predicted octanol–water partition coefficient (Wildman–Crippen LogP) is 0.909. The summed E-state index contributed by atoms with van der Waals surface area (Å²) in [5, 5.41) is 20.1. The molecule has 0 aromatic rings.